The molecule has 1 aliphatic carbocycles. The normalized spacial score (nSPS) is 27.8. The molecule has 9 heavy (non-hydrogen) atoms. The van der Waals surface area contributed by atoms with Gasteiger partial charge in [0.25, 0.3) is 0 Å². The average Bonchev–Trinajstić information content (AvgIpc) is 1.79. The van der Waals surface area contributed by atoms with Gasteiger partial charge >= 0.3 is 0 Å². The van der Waals surface area contributed by atoms with E-state index in [9.17, 15) is 0 Å². The molecule has 0 saturated heterocycles. The minimum Gasteiger partial charge on any atom is -0.0853 e. The lowest BCUT2D eigenvalue weighted by molar-refractivity contribution is 0.635. The van der Waals surface area contributed by atoms with E-state index in [2.05, 4.69) is 6.08 Å². The molecule has 0 heterocycles. The van der Waals surface area contributed by atoms with Gasteiger partial charge in [-0.25, -0.2) is 0 Å². The van der Waals surface area contributed by atoms with Crippen LogP contribution in [0, 0.1) is 0 Å². The number of hydrogen-bond donors (Lipinski definition) is 0. The molecule has 1 aliphatic rings. The third kappa shape index (κ3) is 2.85. The Morgan fingerprint density at radius 2 is 1.89 bits per heavy atom. The van der Waals surface area contributed by atoms with Gasteiger partial charge in [0, 0.05) is 4.91 Å². The van der Waals surface area contributed by atoms with E-state index in [1.54, 1.807) is 0 Å². The lowest BCUT2D eigenvalue weighted by Gasteiger charge is -2.04. The van der Waals surface area contributed by atoms with Crippen molar-refractivity contribution >= 4 is 12.6 Å². The van der Waals surface area contributed by atoms with Crippen molar-refractivity contribution in [3.8, 4) is 0 Å². The summed E-state index contributed by atoms with van der Waals surface area (Å²) in [5.41, 5.74) is 0. The second-order valence-corrected chi connectivity index (χ2v) is 3.15. The molecule has 0 unspecified atom stereocenters. The first-order valence-corrected chi connectivity index (χ1v) is 4.16. The zero-order valence-electron chi connectivity index (χ0n) is 5.73. The highest BCUT2D eigenvalue weighted by Crippen LogP contribution is 2.18. The Kier molecular flexibility index (Phi) is 3.05. The number of rotatable bonds is 0. The van der Waals surface area contributed by atoms with Crippen LogP contribution in [0.5, 0.6) is 0 Å². The summed E-state index contributed by atoms with van der Waals surface area (Å²) in [6, 6.07) is 0. The Balaban J connectivity index is 2.32. The van der Waals surface area contributed by atoms with Crippen LogP contribution in [0.3, 0.4) is 0 Å². The quantitative estimate of drug-likeness (QED) is 0.485. The van der Waals surface area contributed by atoms with Crippen molar-refractivity contribution in [2.24, 2.45) is 0 Å². The minimum absolute atomic E-state index is 1.16. The fourth-order valence-corrected chi connectivity index (χ4v) is 1.42. The summed E-state index contributed by atoms with van der Waals surface area (Å²) in [5.74, 6) is 0. The molecule has 0 aliphatic heterocycles. The second-order valence-electron chi connectivity index (χ2n) is 2.62. The molecule has 0 nitrogen and oxygen atoms in total. The van der Waals surface area contributed by atoms with E-state index >= 15 is 0 Å². The molecule has 0 atom stereocenters. The van der Waals surface area contributed by atoms with Crippen LogP contribution >= 0.6 is 12.6 Å². The molecule has 51 valence electrons. The van der Waals surface area contributed by atoms with Crippen LogP contribution in [0.2, 0.25) is 0 Å². The first-order valence-electron chi connectivity index (χ1n) is 3.75. The molecule has 0 aromatic heterocycles. The molecule has 0 spiro atoms. The molecule has 0 bridgehead atoms. The van der Waals surface area contributed by atoms with Crippen LogP contribution in [-0.2, 0) is 0 Å². The number of hydrogen-bond acceptors (Lipinski definition) is 0. The monoisotopic (exact) mass is 141 g/mol. The van der Waals surface area contributed by atoms with Crippen molar-refractivity contribution in [1.82, 2.24) is 0 Å². The van der Waals surface area contributed by atoms with Gasteiger partial charge in [-0.2, -0.15) is 0 Å². The highest BCUT2D eigenvalue weighted by Gasteiger charge is 1.97. The van der Waals surface area contributed by atoms with Crippen LogP contribution in [0.1, 0.15) is 38.5 Å². The van der Waals surface area contributed by atoms with Crippen LogP contribution in [-0.4, -0.2) is 0 Å². The Morgan fingerprint density at radius 1 is 1.11 bits per heavy atom. The van der Waals surface area contributed by atoms with E-state index in [0.29, 0.717) is 0 Å². The molecule has 1 radical (unpaired) electrons. The van der Waals surface area contributed by atoms with Gasteiger partial charge in [0.2, 0.25) is 0 Å². The summed E-state index contributed by atoms with van der Waals surface area (Å²) >= 11 is 5.10. The van der Waals surface area contributed by atoms with Crippen molar-refractivity contribution < 1.29 is 0 Å². The SMILES string of the molecule is [S]/C1=C/CCCCCC1. The van der Waals surface area contributed by atoms with E-state index in [-0.39, 0.29) is 0 Å². The fraction of sp³-hybridized carbons (Fsp3) is 0.750. The lowest BCUT2D eigenvalue weighted by Crippen LogP contribution is -1.84. The Bertz CT molecular complexity index is 105. The van der Waals surface area contributed by atoms with Gasteiger partial charge < -0.3 is 0 Å². The maximum absolute atomic E-state index is 5.10. The Morgan fingerprint density at radius 3 is 2.78 bits per heavy atom. The maximum atomic E-state index is 5.10. The first kappa shape index (κ1) is 7.07. The van der Waals surface area contributed by atoms with Crippen LogP contribution in [0.25, 0.3) is 0 Å². The summed E-state index contributed by atoms with van der Waals surface area (Å²) in [4.78, 5) is 1.19. The van der Waals surface area contributed by atoms with Gasteiger partial charge in [0.15, 0.2) is 0 Å². The van der Waals surface area contributed by atoms with Crippen molar-refractivity contribution in [2.45, 2.75) is 38.5 Å². The molecule has 0 N–H and O–H groups in total. The summed E-state index contributed by atoms with van der Waals surface area (Å²) in [7, 11) is 0. The molecular formula is C8H13S. The van der Waals surface area contributed by atoms with Gasteiger partial charge in [-0.1, -0.05) is 31.5 Å². The van der Waals surface area contributed by atoms with Crippen molar-refractivity contribution in [1.29, 1.82) is 0 Å². The van der Waals surface area contributed by atoms with E-state index in [0.717, 1.165) is 6.42 Å². The zero-order chi connectivity index (χ0) is 6.53. The second kappa shape index (κ2) is 3.89. The van der Waals surface area contributed by atoms with Gasteiger partial charge in [-0.3, -0.25) is 0 Å². The van der Waals surface area contributed by atoms with Crippen LogP contribution in [0.4, 0.5) is 0 Å². The standard InChI is InChI=1S/C8H13S/c9-8-6-4-2-1-3-5-7-8/h6H,1-5,7H2/b8-6+. The van der Waals surface area contributed by atoms with E-state index in [4.69, 9.17) is 12.6 Å². The molecule has 0 amide bonds. The molecule has 0 aromatic carbocycles. The molecule has 1 rings (SSSR count). The van der Waals surface area contributed by atoms with Gasteiger partial charge in [0.05, 0.1) is 0 Å². The van der Waals surface area contributed by atoms with Crippen LogP contribution < -0.4 is 0 Å². The van der Waals surface area contributed by atoms with Gasteiger partial charge in [0.1, 0.15) is 0 Å². The predicted molar refractivity (Wildman–Crippen MR) is 43.4 cm³/mol. The van der Waals surface area contributed by atoms with E-state index in [1.165, 1.54) is 37.0 Å². The minimum atomic E-state index is 1.16. The first-order chi connectivity index (χ1) is 4.39. The fourth-order valence-electron chi connectivity index (χ4n) is 1.16. The van der Waals surface area contributed by atoms with Crippen molar-refractivity contribution in [3.63, 3.8) is 0 Å². The van der Waals surface area contributed by atoms with E-state index < -0.39 is 0 Å². The third-order valence-corrected chi connectivity index (χ3v) is 2.12. The predicted octanol–water partition coefficient (Wildman–Crippen LogP) is 3.42. The van der Waals surface area contributed by atoms with Crippen molar-refractivity contribution in [3.05, 3.63) is 11.0 Å². The number of allylic oxidation sites excluding steroid dienone is 2. The summed E-state index contributed by atoms with van der Waals surface area (Å²) in [6.07, 6.45) is 10.0. The Labute approximate surface area is 62.8 Å². The molecule has 0 aromatic rings. The summed E-state index contributed by atoms with van der Waals surface area (Å²) in [5, 5.41) is 0. The molecule has 1 heteroatoms. The molecular weight excluding hydrogens is 128 g/mol. The molecule has 0 saturated carbocycles. The van der Waals surface area contributed by atoms with E-state index in [1.807, 2.05) is 0 Å². The smallest absolute Gasteiger partial charge is 0.0112 e. The average molecular weight is 141 g/mol. The van der Waals surface area contributed by atoms with Gasteiger partial charge in [-0.15, -0.1) is 0 Å². The maximum Gasteiger partial charge on any atom is 0.0112 e. The highest BCUT2D eigenvalue weighted by molar-refractivity contribution is 7.84. The van der Waals surface area contributed by atoms with Crippen molar-refractivity contribution in [2.75, 3.05) is 0 Å². The lowest BCUT2D eigenvalue weighted by atomic mass is 10.1. The topological polar surface area (TPSA) is 0 Å². The summed E-state index contributed by atoms with van der Waals surface area (Å²) < 4.78 is 0. The van der Waals surface area contributed by atoms with Crippen LogP contribution in [0.15, 0.2) is 11.0 Å². The Hall–Kier alpha value is -0.0400. The molecule has 0 fully saturated rings. The largest absolute Gasteiger partial charge is 0.0853 e. The zero-order valence-corrected chi connectivity index (χ0v) is 6.54. The summed E-state index contributed by atoms with van der Waals surface area (Å²) in [6.45, 7) is 0. The highest BCUT2D eigenvalue weighted by atomic mass is 32.1. The van der Waals surface area contributed by atoms with Gasteiger partial charge in [-0.05, 0) is 25.7 Å². The third-order valence-electron chi connectivity index (χ3n) is 1.75.